The van der Waals surface area contributed by atoms with Crippen molar-refractivity contribution in [3.05, 3.63) is 59.7 Å². The van der Waals surface area contributed by atoms with Gasteiger partial charge < -0.3 is 17.3 Å². The van der Waals surface area contributed by atoms with E-state index < -0.39 is 7.25 Å². The smallest absolute Gasteiger partial charge is 0.418 e. The highest BCUT2D eigenvalue weighted by Crippen LogP contribution is 2.50. The summed E-state index contributed by atoms with van der Waals surface area (Å²) in [6, 6.07) is 13.1. The summed E-state index contributed by atoms with van der Waals surface area (Å²) >= 11 is 0. The average Bonchev–Trinajstić information content (AvgIpc) is 2.97. The largest absolute Gasteiger partial charge is 0.673 e. The highest BCUT2D eigenvalue weighted by Gasteiger charge is 2.49. The van der Waals surface area contributed by atoms with Crippen LogP contribution in [0.3, 0.4) is 0 Å². The molecule has 0 spiro atoms. The molecular weight excluding hydrogens is 321 g/mol. The van der Waals surface area contributed by atoms with Crippen molar-refractivity contribution < 1.29 is 26.8 Å². The molecule has 0 aromatic heterocycles. The molecule has 2 atom stereocenters. The summed E-state index contributed by atoms with van der Waals surface area (Å²) in [6.07, 6.45) is 4.38. The monoisotopic (exact) mass is 337 g/mol. The highest BCUT2D eigenvalue weighted by atomic mass is 19.5. The second-order valence-electron chi connectivity index (χ2n) is 5.71. The first-order valence-corrected chi connectivity index (χ1v) is 7.60. The minimum atomic E-state index is -6.00. The molecule has 0 saturated heterocycles. The Labute approximate surface area is 137 Å². The normalized spacial score (nSPS) is 21.8. The third-order valence-corrected chi connectivity index (χ3v) is 4.20. The molecule has 2 aromatic rings. The van der Waals surface area contributed by atoms with Crippen molar-refractivity contribution in [1.82, 2.24) is 0 Å². The third kappa shape index (κ3) is 2.90. The molecule has 7 heteroatoms. The lowest BCUT2D eigenvalue weighted by Crippen LogP contribution is -2.11. The number of allylic oxidation sites excluding steroid dienone is 2. The maximum Gasteiger partial charge on any atom is 0.673 e. The molecule has 1 heterocycles. The summed E-state index contributed by atoms with van der Waals surface area (Å²) in [5.74, 6) is 0.335. The van der Waals surface area contributed by atoms with E-state index in [0.29, 0.717) is 5.92 Å². The lowest BCUT2D eigenvalue weighted by molar-refractivity contribution is -0.769. The van der Waals surface area contributed by atoms with Crippen LogP contribution in [-0.4, -0.2) is 24.8 Å². The third-order valence-electron chi connectivity index (χ3n) is 4.20. The van der Waals surface area contributed by atoms with Gasteiger partial charge in [0, 0.05) is 11.6 Å². The van der Waals surface area contributed by atoms with Crippen molar-refractivity contribution in [2.75, 3.05) is 7.05 Å². The van der Waals surface area contributed by atoms with Gasteiger partial charge in [-0.2, -0.15) is 0 Å². The molecule has 2 unspecified atom stereocenters. The van der Waals surface area contributed by atoms with E-state index in [2.05, 4.69) is 55.5 Å². The number of halogens is 4. The minimum absolute atomic E-state index is 0.136. The van der Waals surface area contributed by atoms with Crippen LogP contribution in [0.25, 0.3) is 10.8 Å². The Bertz CT molecular complexity index is 833. The van der Waals surface area contributed by atoms with E-state index in [1.807, 2.05) is 11.8 Å². The summed E-state index contributed by atoms with van der Waals surface area (Å²) in [6.45, 7) is 2.05. The van der Waals surface area contributed by atoms with Gasteiger partial charge >= 0.3 is 7.25 Å². The number of rotatable bonds is 1. The van der Waals surface area contributed by atoms with Crippen molar-refractivity contribution in [2.45, 2.75) is 18.9 Å². The Morgan fingerprint density at radius 3 is 2.21 bits per heavy atom. The zero-order valence-corrected chi connectivity index (χ0v) is 13.2. The maximum absolute atomic E-state index is 9.75. The molecule has 0 bridgehead atoms. The molecule has 2 nitrogen and oxygen atoms in total. The SMILES string of the molecule is C/C=C/C1=[N+](C)OC2c3cccc4cccc(c34)C12.F[B-](F)(F)F. The van der Waals surface area contributed by atoms with Gasteiger partial charge in [0.05, 0.1) is 0 Å². The summed E-state index contributed by atoms with van der Waals surface area (Å²) in [4.78, 5) is 6.07. The van der Waals surface area contributed by atoms with Gasteiger partial charge in [0.15, 0.2) is 7.05 Å². The van der Waals surface area contributed by atoms with Gasteiger partial charge in [0.25, 0.3) is 0 Å². The van der Waals surface area contributed by atoms with Gasteiger partial charge in [-0.1, -0.05) is 42.5 Å². The quantitative estimate of drug-likeness (QED) is 0.410. The average molecular weight is 337 g/mol. The lowest BCUT2D eigenvalue weighted by atomic mass is 9.93. The van der Waals surface area contributed by atoms with E-state index in [0.717, 1.165) is 0 Å². The number of hydroxylamine groups is 1. The van der Waals surface area contributed by atoms with Gasteiger partial charge in [-0.25, -0.2) is 0 Å². The van der Waals surface area contributed by atoms with Crippen molar-refractivity contribution in [1.29, 1.82) is 0 Å². The van der Waals surface area contributed by atoms with E-state index in [1.54, 1.807) is 0 Å². The van der Waals surface area contributed by atoms with Crippen molar-refractivity contribution >= 4 is 23.7 Å². The van der Waals surface area contributed by atoms with Crippen LogP contribution in [0.4, 0.5) is 17.3 Å². The molecule has 2 aliphatic rings. The van der Waals surface area contributed by atoms with Crippen LogP contribution in [0.15, 0.2) is 48.6 Å². The number of benzene rings is 2. The Morgan fingerprint density at radius 1 is 1.04 bits per heavy atom. The predicted octanol–water partition coefficient (Wildman–Crippen LogP) is 4.88. The highest BCUT2D eigenvalue weighted by molar-refractivity contribution is 6.50. The van der Waals surface area contributed by atoms with Crippen LogP contribution in [0, 0.1) is 0 Å². The Balaban J connectivity index is 0.000000300. The second-order valence-corrected chi connectivity index (χ2v) is 5.71. The van der Waals surface area contributed by atoms with Gasteiger partial charge in [-0.15, -0.1) is 0 Å². The van der Waals surface area contributed by atoms with Crippen molar-refractivity contribution in [3.63, 3.8) is 0 Å². The van der Waals surface area contributed by atoms with E-state index in [9.17, 15) is 17.3 Å². The summed E-state index contributed by atoms with van der Waals surface area (Å²) in [7, 11) is -4.00. The van der Waals surface area contributed by atoms with E-state index in [1.165, 1.54) is 27.6 Å². The summed E-state index contributed by atoms with van der Waals surface area (Å²) < 4.78 is 40.9. The van der Waals surface area contributed by atoms with E-state index >= 15 is 0 Å². The molecule has 1 aliphatic carbocycles. The molecule has 1 aliphatic heterocycles. The molecule has 24 heavy (non-hydrogen) atoms. The molecule has 4 rings (SSSR count). The van der Waals surface area contributed by atoms with E-state index in [4.69, 9.17) is 4.84 Å². The van der Waals surface area contributed by atoms with Crippen molar-refractivity contribution in [3.8, 4) is 0 Å². The molecule has 0 N–H and O–H groups in total. The zero-order chi connectivity index (χ0) is 17.5. The molecule has 2 aromatic carbocycles. The molecule has 0 radical (unpaired) electrons. The zero-order valence-electron chi connectivity index (χ0n) is 13.2. The first-order chi connectivity index (χ1) is 11.3. The van der Waals surface area contributed by atoms with Crippen LogP contribution in [-0.2, 0) is 4.84 Å². The molecule has 126 valence electrons. The van der Waals surface area contributed by atoms with Gasteiger partial charge in [-0.05, 0) is 28.0 Å². The number of fused-ring (bicyclic) bond motifs is 3. The fourth-order valence-corrected chi connectivity index (χ4v) is 3.48. The minimum Gasteiger partial charge on any atom is -0.418 e. The van der Waals surface area contributed by atoms with Crippen molar-refractivity contribution in [2.24, 2.45) is 0 Å². The standard InChI is InChI=1S/C17H16NO.BF4/c1-3-6-14-16-12-9-4-7-11-8-5-10-13(15(11)12)17(16)19-18(14)2;2-1(3,4)5/h3-10,16-17H,1-2H3;/q+1;-1/b6-3+;. The fraction of sp³-hybridized carbons (Fsp3) is 0.235. The second kappa shape index (κ2) is 5.96. The molecular formula is C17H16BF4NO. The summed E-state index contributed by atoms with van der Waals surface area (Å²) in [5.41, 5.74) is 3.97. The van der Waals surface area contributed by atoms with Crippen LogP contribution < -0.4 is 0 Å². The first kappa shape index (κ1) is 16.5. The first-order valence-electron chi connectivity index (χ1n) is 7.60. The predicted molar refractivity (Wildman–Crippen MR) is 86.7 cm³/mol. The van der Waals surface area contributed by atoms with Crippen LogP contribution in [0.5, 0.6) is 0 Å². The maximum atomic E-state index is 9.75. The number of hydrogen-bond acceptors (Lipinski definition) is 1. The number of nitrogens with zero attached hydrogens (tertiary/aromatic N) is 1. The Hall–Kier alpha value is -2.31. The molecule has 0 amide bonds. The van der Waals surface area contributed by atoms with Gasteiger partial charge in [0.1, 0.15) is 5.92 Å². The Morgan fingerprint density at radius 2 is 1.62 bits per heavy atom. The van der Waals surface area contributed by atoms with Gasteiger partial charge in [0.2, 0.25) is 11.8 Å². The topological polar surface area (TPSA) is 12.2 Å². The number of hydrogen-bond donors (Lipinski definition) is 0. The fourth-order valence-electron chi connectivity index (χ4n) is 3.48. The lowest BCUT2D eigenvalue weighted by Gasteiger charge is -2.04. The van der Waals surface area contributed by atoms with Crippen LogP contribution >= 0.6 is 0 Å². The van der Waals surface area contributed by atoms with E-state index in [-0.39, 0.29) is 6.10 Å². The van der Waals surface area contributed by atoms with Gasteiger partial charge in [-0.3, -0.25) is 4.84 Å². The molecule has 0 saturated carbocycles. The Kier molecular flexibility index (Phi) is 4.11. The summed E-state index contributed by atoms with van der Waals surface area (Å²) in [5, 5.41) is 2.70. The molecule has 0 fully saturated rings. The van der Waals surface area contributed by atoms with Crippen LogP contribution in [0.2, 0.25) is 0 Å². The van der Waals surface area contributed by atoms with Crippen LogP contribution in [0.1, 0.15) is 30.1 Å².